The fraction of sp³-hybridized carbons (Fsp3) is 0.833. The molecule has 100 valence electrons. The average Bonchev–Trinajstić information content (AvgIpc) is 2.30. The number of halogens is 1. The zero-order valence-electron chi connectivity index (χ0n) is 10.8. The molecule has 5 heteroatoms. The normalized spacial score (nSPS) is 12.3. The van der Waals surface area contributed by atoms with Crippen molar-refractivity contribution in [3.8, 4) is 0 Å². The Labute approximate surface area is 112 Å². The van der Waals surface area contributed by atoms with Crippen molar-refractivity contribution in [1.29, 1.82) is 0 Å². The van der Waals surface area contributed by atoms with E-state index in [-0.39, 0.29) is 17.8 Å². The highest BCUT2D eigenvalue weighted by Crippen LogP contribution is 2.06. The van der Waals surface area contributed by atoms with Gasteiger partial charge in [-0.2, -0.15) is 0 Å². The number of carbonyl (C=O) groups is 2. The van der Waals surface area contributed by atoms with Crippen LogP contribution in [0.2, 0.25) is 0 Å². The van der Waals surface area contributed by atoms with Gasteiger partial charge in [0.05, 0.1) is 7.11 Å². The van der Waals surface area contributed by atoms with Gasteiger partial charge in [0.25, 0.3) is 0 Å². The van der Waals surface area contributed by atoms with Crippen LogP contribution in [0.15, 0.2) is 0 Å². The molecule has 0 aromatic heterocycles. The third kappa shape index (κ3) is 7.36. The molecule has 0 aliphatic carbocycles. The lowest BCUT2D eigenvalue weighted by Gasteiger charge is -2.19. The van der Waals surface area contributed by atoms with Crippen molar-refractivity contribution in [3.63, 3.8) is 0 Å². The van der Waals surface area contributed by atoms with Crippen LogP contribution >= 0.6 is 15.9 Å². The molecule has 4 nitrogen and oxygen atoms in total. The van der Waals surface area contributed by atoms with Gasteiger partial charge in [0.15, 0.2) is 0 Å². The first-order valence-electron chi connectivity index (χ1n) is 5.96. The lowest BCUT2D eigenvalue weighted by Crippen LogP contribution is -2.44. The van der Waals surface area contributed by atoms with Crippen LogP contribution in [0.5, 0.6) is 0 Å². The van der Waals surface area contributed by atoms with E-state index in [2.05, 4.69) is 26.0 Å². The first-order valence-corrected chi connectivity index (χ1v) is 7.08. The molecule has 0 aliphatic rings. The number of unbranched alkanes of at least 4 members (excludes halogenated alkanes) is 2. The van der Waals surface area contributed by atoms with Gasteiger partial charge in [-0.3, -0.25) is 4.79 Å². The summed E-state index contributed by atoms with van der Waals surface area (Å²) in [5, 5.41) is 3.68. The Morgan fingerprint density at radius 3 is 2.35 bits per heavy atom. The third-order valence-electron chi connectivity index (χ3n) is 2.48. The van der Waals surface area contributed by atoms with Gasteiger partial charge < -0.3 is 10.1 Å². The van der Waals surface area contributed by atoms with Crippen LogP contribution in [0.4, 0.5) is 0 Å². The van der Waals surface area contributed by atoms with Gasteiger partial charge >= 0.3 is 5.97 Å². The smallest absolute Gasteiger partial charge is 0.328 e. The average molecular weight is 308 g/mol. The van der Waals surface area contributed by atoms with Crippen LogP contribution < -0.4 is 5.32 Å². The van der Waals surface area contributed by atoms with Gasteiger partial charge in [-0.05, 0) is 18.8 Å². The molecule has 0 unspecified atom stereocenters. The molecule has 1 amide bonds. The highest BCUT2D eigenvalue weighted by molar-refractivity contribution is 9.09. The summed E-state index contributed by atoms with van der Waals surface area (Å²) in [6, 6.07) is -0.538. The van der Waals surface area contributed by atoms with E-state index in [4.69, 9.17) is 0 Å². The number of rotatable bonds is 8. The molecule has 0 radical (unpaired) electrons. The van der Waals surface area contributed by atoms with Crippen LogP contribution in [-0.4, -0.2) is 30.4 Å². The Hall–Kier alpha value is -0.580. The van der Waals surface area contributed by atoms with E-state index in [9.17, 15) is 9.59 Å². The number of ether oxygens (including phenoxy) is 1. The van der Waals surface area contributed by atoms with Crippen molar-refractivity contribution >= 4 is 27.8 Å². The fourth-order valence-corrected chi connectivity index (χ4v) is 1.82. The topological polar surface area (TPSA) is 55.4 Å². The number of hydrogen-bond donors (Lipinski definition) is 1. The van der Waals surface area contributed by atoms with Crippen molar-refractivity contribution < 1.29 is 14.3 Å². The molecule has 0 aromatic carbocycles. The van der Waals surface area contributed by atoms with Gasteiger partial charge in [0.2, 0.25) is 5.91 Å². The molecule has 0 rings (SSSR count). The van der Waals surface area contributed by atoms with Gasteiger partial charge in [0.1, 0.15) is 6.04 Å². The van der Waals surface area contributed by atoms with E-state index in [1.165, 1.54) is 7.11 Å². The Morgan fingerprint density at radius 1 is 1.24 bits per heavy atom. The number of esters is 1. The Kier molecular flexibility index (Phi) is 9.13. The molecule has 0 heterocycles. The molecule has 0 aliphatic heterocycles. The predicted molar refractivity (Wildman–Crippen MR) is 71.0 cm³/mol. The van der Waals surface area contributed by atoms with E-state index in [0.29, 0.717) is 6.42 Å². The van der Waals surface area contributed by atoms with E-state index >= 15 is 0 Å². The first kappa shape index (κ1) is 16.4. The van der Waals surface area contributed by atoms with Crippen LogP contribution in [0.25, 0.3) is 0 Å². The second-order valence-electron chi connectivity index (χ2n) is 4.31. The standard InChI is InChI=1S/C12H22BrNO3/c1-9(2)11(12(16)17-3)14-10(15)7-5-4-6-8-13/h9,11H,4-8H2,1-3H3,(H,14,15)/t11-/m0/s1. The number of amides is 1. The molecule has 1 N–H and O–H groups in total. The Balaban J connectivity index is 4.00. The Bertz CT molecular complexity index is 244. The van der Waals surface area contributed by atoms with Crippen molar-refractivity contribution in [1.82, 2.24) is 5.32 Å². The molecule has 0 bridgehead atoms. The summed E-state index contributed by atoms with van der Waals surface area (Å²) >= 11 is 3.34. The van der Waals surface area contributed by atoms with Gasteiger partial charge in [-0.15, -0.1) is 0 Å². The number of hydrogen-bond acceptors (Lipinski definition) is 3. The van der Waals surface area contributed by atoms with Crippen molar-refractivity contribution in [2.75, 3.05) is 12.4 Å². The maximum Gasteiger partial charge on any atom is 0.328 e. The maximum absolute atomic E-state index is 11.6. The second-order valence-corrected chi connectivity index (χ2v) is 5.11. The summed E-state index contributed by atoms with van der Waals surface area (Å²) in [5.74, 6) is -0.425. The monoisotopic (exact) mass is 307 g/mol. The molecule has 1 atom stereocenters. The molecular formula is C12H22BrNO3. The zero-order chi connectivity index (χ0) is 13.3. The van der Waals surface area contributed by atoms with Crippen molar-refractivity contribution in [3.05, 3.63) is 0 Å². The number of methoxy groups -OCH3 is 1. The second kappa shape index (κ2) is 9.45. The first-order chi connectivity index (χ1) is 8.02. The number of nitrogens with one attached hydrogen (secondary N) is 1. The highest BCUT2D eigenvalue weighted by Gasteiger charge is 2.24. The summed E-state index contributed by atoms with van der Waals surface area (Å²) in [6.45, 7) is 3.76. The predicted octanol–water partition coefficient (Wildman–Crippen LogP) is 2.26. The van der Waals surface area contributed by atoms with Gasteiger partial charge in [-0.25, -0.2) is 4.79 Å². The molecule has 0 fully saturated rings. The third-order valence-corrected chi connectivity index (χ3v) is 3.04. The minimum Gasteiger partial charge on any atom is -0.467 e. The zero-order valence-corrected chi connectivity index (χ0v) is 12.4. The van der Waals surface area contributed by atoms with Crippen molar-refractivity contribution in [2.45, 2.75) is 45.6 Å². The highest BCUT2D eigenvalue weighted by atomic mass is 79.9. The molecular weight excluding hydrogens is 286 g/mol. The summed E-state index contributed by atoms with van der Waals surface area (Å²) in [7, 11) is 1.33. The van der Waals surface area contributed by atoms with Crippen LogP contribution in [0.3, 0.4) is 0 Å². The molecule has 0 spiro atoms. The van der Waals surface area contributed by atoms with E-state index in [1.807, 2.05) is 13.8 Å². The lowest BCUT2D eigenvalue weighted by atomic mass is 10.0. The molecule has 0 saturated heterocycles. The van der Waals surface area contributed by atoms with Crippen LogP contribution in [-0.2, 0) is 14.3 Å². The largest absolute Gasteiger partial charge is 0.467 e. The van der Waals surface area contributed by atoms with Gasteiger partial charge in [-0.1, -0.05) is 36.2 Å². The fourth-order valence-electron chi connectivity index (χ4n) is 1.43. The van der Waals surface area contributed by atoms with Crippen molar-refractivity contribution in [2.24, 2.45) is 5.92 Å². The summed E-state index contributed by atoms with van der Waals surface area (Å²) < 4.78 is 4.66. The van der Waals surface area contributed by atoms with E-state index < -0.39 is 6.04 Å². The summed E-state index contributed by atoms with van der Waals surface area (Å²) in [4.78, 5) is 23.0. The minimum absolute atomic E-state index is 0.0361. The number of alkyl halides is 1. The molecule has 17 heavy (non-hydrogen) atoms. The molecule has 0 saturated carbocycles. The van der Waals surface area contributed by atoms with Gasteiger partial charge in [0, 0.05) is 11.8 Å². The van der Waals surface area contributed by atoms with E-state index in [0.717, 1.165) is 24.6 Å². The van der Waals surface area contributed by atoms with Crippen LogP contribution in [0.1, 0.15) is 39.5 Å². The minimum atomic E-state index is -0.538. The SMILES string of the molecule is COC(=O)[C@@H](NC(=O)CCCCCBr)C(C)C. The summed E-state index contributed by atoms with van der Waals surface area (Å²) in [6.07, 6.45) is 3.40. The molecule has 0 aromatic rings. The quantitative estimate of drug-likeness (QED) is 0.425. The lowest BCUT2D eigenvalue weighted by molar-refractivity contribution is -0.146. The van der Waals surface area contributed by atoms with E-state index in [1.54, 1.807) is 0 Å². The number of carbonyl (C=O) groups excluding carboxylic acids is 2. The van der Waals surface area contributed by atoms with Crippen LogP contribution in [0, 0.1) is 5.92 Å². The maximum atomic E-state index is 11.6. The summed E-state index contributed by atoms with van der Waals surface area (Å²) in [5.41, 5.74) is 0. The Morgan fingerprint density at radius 2 is 1.88 bits per heavy atom.